The molecule has 0 heterocycles. The highest BCUT2D eigenvalue weighted by Crippen LogP contribution is 2.23. The Kier molecular flexibility index (Phi) is 5.78. The van der Waals surface area contributed by atoms with Gasteiger partial charge in [-0.15, -0.1) is 0 Å². The van der Waals surface area contributed by atoms with Crippen molar-refractivity contribution in [2.24, 2.45) is 0 Å². The SMILES string of the molecule is O=C(/C(=C\c1ccccc1)Oc1ccc([N+](=O)[O-])cc1)c1ccc(Br)cc1. The van der Waals surface area contributed by atoms with Crippen molar-refractivity contribution in [3.63, 3.8) is 0 Å². The molecule has 0 aliphatic heterocycles. The lowest BCUT2D eigenvalue weighted by atomic mass is 10.1. The van der Waals surface area contributed by atoms with Gasteiger partial charge in [-0.1, -0.05) is 46.3 Å². The average molecular weight is 424 g/mol. The van der Waals surface area contributed by atoms with Gasteiger partial charge in [0.05, 0.1) is 4.92 Å². The van der Waals surface area contributed by atoms with Crippen LogP contribution >= 0.6 is 15.9 Å². The molecule has 0 amide bonds. The Balaban J connectivity index is 1.94. The van der Waals surface area contributed by atoms with E-state index in [9.17, 15) is 14.9 Å². The lowest BCUT2D eigenvalue weighted by Crippen LogP contribution is -2.09. The van der Waals surface area contributed by atoms with Crippen molar-refractivity contribution in [2.75, 3.05) is 0 Å². The zero-order valence-electron chi connectivity index (χ0n) is 14.0. The molecular weight excluding hydrogens is 410 g/mol. The van der Waals surface area contributed by atoms with Crippen LogP contribution in [0.15, 0.2) is 89.1 Å². The smallest absolute Gasteiger partial charge is 0.269 e. The summed E-state index contributed by atoms with van der Waals surface area (Å²) in [4.78, 5) is 23.2. The fourth-order valence-corrected chi connectivity index (χ4v) is 2.61. The number of nitro groups is 1. The first-order valence-corrected chi connectivity index (χ1v) is 8.81. The van der Waals surface area contributed by atoms with E-state index in [4.69, 9.17) is 4.74 Å². The van der Waals surface area contributed by atoms with Gasteiger partial charge < -0.3 is 4.74 Å². The second kappa shape index (κ2) is 8.42. The molecule has 0 aliphatic rings. The Morgan fingerprint density at radius 3 is 2.15 bits per heavy atom. The van der Waals surface area contributed by atoms with Crippen LogP contribution in [0, 0.1) is 10.1 Å². The van der Waals surface area contributed by atoms with Crippen molar-refractivity contribution in [1.82, 2.24) is 0 Å². The largest absolute Gasteiger partial charge is 0.453 e. The van der Waals surface area contributed by atoms with E-state index in [0.29, 0.717) is 11.3 Å². The zero-order valence-corrected chi connectivity index (χ0v) is 15.6. The Hall–Kier alpha value is -3.25. The van der Waals surface area contributed by atoms with Gasteiger partial charge in [-0.25, -0.2) is 0 Å². The topological polar surface area (TPSA) is 69.4 Å². The summed E-state index contributed by atoms with van der Waals surface area (Å²) in [6, 6.07) is 21.9. The molecule has 27 heavy (non-hydrogen) atoms. The first-order valence-electron chi connectivity index (χ1n) is 8.02. The van der Waals surface area contributed by atoms with Gasteiger partial charge in [-0.3, -0.25) is 14.9 Å². The molecule has 3 aromatic carbocycles. The number of Topliss-reactive ketones (excluding diaryl/α,β-unsaturated/α-hetero) is 1. The maximum atomic E-state index is 12.9. The zero-order chi connectivity index (χ0) is 19.2. The third-order valence-electron chi connectivity index (χ3n) is 3.70. The second-order valence-electron chi connectivity index (χ2n) is 5.61. The van der Waals surface area contributed by atoms with Gasteiger partial charge in [-0.05, 0) is 48.0 Å². The van der Waals surface area contributed by atoms with Crippen molar-refractivity contribution < 1.29 is 14.5 Å². The molecule has 0 unspecified atom stereocenters. The quantitative estimate of drug-likeness (QED) is 0.168. The summed E-state index contributed by atoms with van der Waals surface area (Å²) in [5.74, 6) is 0.176. The van der Waals surface area contributed by atoms with Gasteiger partial charge in [-0.2, -0.15) is 0 Å². The highest BCUT2D eigenvalue weighted by atomic mass is 79.9. The van der Waals surface area contributed by atoms with Crippen molar-refractivity contribution in [2.45, 2.75) is 0 Å². The van der Waals surface area contributed by atoms with E-state index in [-0.39, 0.29) is 17.2 Å². The number of nitro benzene ring substituents is 1. The van der Waals surface area contributed by atoms with E-state index in [1.807, 2.05) is 30.3 Å². The van der Waals surface area contributed by atoms with Crippen LogP contribution in [-0.4, -0.2) is 10.7 Å². The molecular formula is C21H14BrNO4. The molecule has 0 radical (unpaired) electrons. The Morgan fingerprint density at radius 1 is 0.926 bits per heavy atom. The second-order valence-corrected chi connectivity index (χ2v) is 6.52. The van der Waals surface area contributed by atoms with Crippen LogP contribution in [0.5, 0.6) is 5.75 Å². The van der Waals surface area contributed by atoms with Gasteiger partial charge in [0.1, 0.15) is 5.75 Å². The predicted octanol–water partition coefficient (Wildman–Crippen LogP) is 5.66. The number of rotatable bonds is 6. The third kappa shape index (κ3) is 4.89. The number of benzene rings is 3. The van der Waals surface area contributed by atoms with Crippen LogP contribution in [0.3, 0.4) is 0 Å². The Labute approximate surface area is 164 Å². The lowest BCUT2D eigenvalue weighted by molar-refractivity contribution is -0.384. The van der Waals surface area contributed by atoms with E-state index in [2.05, 4.69) is 15.9 Å². The summed E-state index contributed by atoms with van der Waals surface area (Å²) in [7, 11) is 0. The number of hydrogen-bond acceptors (Lipinski definition) is 4. The third-order valence-corrected chi connectivity index (χ3v) is 4.23. The van der Waals surface area contributed by atoms with Gasteiger partial charge in [0.15, 0.2) is 5.76 Å². The van der Waals surface area contributed by atoms with Crippen molar-refractivity contribution >= 4 is 33.5 Å². The monoisotopic (exact) mass is 423 g/mol. The van der Waals surface area contributed by atoms with Gasteiger partial charge in [0, 0.05) is 22.2 Å². The van der Waals surface area contributed by atoms with Crippen LogP contribution in [0.25, 0.3) is 6.08 Å². The number of halogens is 1. The molecule has 0 spiro atoms. The molecule has 0 saturated heterocycles. The van der Waals surface area contributed by atoms with E-state index >= 15 is 0 Å². The van der Waals surface area contributed by atoms with Gasteiger partial charge >= 0.3 is 0 Å². The molecule has 134 valence electrons. The van der Waals surface area contributed by atoms with Crippen LogP contribution in [-0.2, 0) is 0 Å². The van der Waals surface area contributed by atoms with Gasteiger partial charge in [0.25, 0.3) is 5.69 Å². The van der Waals surface area contributed by atoms with Crippen molar-refractivity contribution in [3.05, 3.63) is 110 Å². The Morgan fingerprint density at radius 2 is 1.56 bits per heavy atom. The minimum absolute atomic E-state index is 0.0461. The van der Waals surface area contributed by atoms with Crippen molar-refractivity contribution in [1.29, 1.82) is 0 Å². The molecule has 6 heteroatoms. The molecule has 5 nitrogen and oxygen atoms in total. The number of hydrogen-bond donors (Lipinski definition) is 0. The minimum atomic E-state index is -0.489. The Bertz CT molecular complexity index is 981. The lowest BCUT2D eigenvalue weighted by Gasteiger charge is -2.10. The summed E-state index contributed by atoms with van der Waals surface area (Å²) >= 11 is 3.35. The first-order chi connectivity index (χ1) is 13.0. The summed E-state index contributed by atoms with van der Waals surface area (Å²) in [5.41, 5.74) is 1.23. The number of ether oxygens (including phenoxy) is 1. The fraction of sp³-hybridized carbons (Fsp3) is 0. The van der Waals surface area contributed by atoms with E-state index in [1.165, 1.54) is 24.3 Å². The molecule has 0 aromatic heterocycles. The molecule has 3 aromatic rings. The molecule has 0 aliphatic carbocycles. The highest BCUT2D eigenvalue weighted by molar-refractivity contribution is 9.10. The number of allylic oxidation sites excluding steroid dienone is 1. The minimum Gasteiger partial charge on any atom is -0.453 e. The van der Waals surface area contributed by atoms with E-state index in [1.54, 1.807) is 30.3 Å². The van der Waals surface area contributed by atoms with Gasteiger partial charge in [0.2, 0.25) is 5.78 Å². The summed E-state index contributed by atoms with van der Waals surface area (Å²) in [6.45, 7) is 0. The van der Waals surface area contributed by atoms with Crippen LogP contribution < -0.4 is 4.74 Å². The van der Waals surface area contributed by atoms with Crippen LogP contribution in [0.4, 0.5) is 5.69 Å². The summed E-state index contributed by atoms with van der Waals surface area (Å²) < 4.78 is 6.64. The van der Waals surface area contributed by atoms with E-state index in [0.717, 1.165) is 10.0 Å². The van der Waals surface area contributed by atoms with Crippen molar-refractivity contribution in [3.8, 4) is 5.75 Å². The number of nitrogens with zero attached hydrogens (tertiary/aromatic N) is 1. The molecule has 0 atom stereocenters. The molecule has 0 saturated carbocycles. The summed E-state index contributed by atoms with van der Waals surface area (Å²) in [5, 5.41) is 10.8. The molecule has 0 N–H and O–H groups in total. The van der Waals surface area contributed by atoms with Crippen LogP contribution in [0.1, 0.15) is 15.9 Å². The fourth-order valence-electron chi connectivity index (χ4n) is 2.35. The molecule has 0 fully saturated rings. The first kappa shape index (κ1) is 18.5. The average Bonchev–Trinajstić information content (AvgIpc) is 2.69. The highest BCUT2D eigenvalue weighted by Gasteiger charge is 2.16. The molecule has 0 bridgehead atoms. The summed E-state index contributed by atoms with van der Waals surface area (Å²) in [6.07, 6.45) is 1.64. The van der Waals surface area contributed by atoms with E-state index < -0.39 is 4.92 Å². The van der Waals surface area contributed by atoms with Crippen LogP contribution in [0.2, 0.25) is 0 Å². The number of non-ortho nitro benzene ring substituents is 1. The maximum Gasteiger partial charge on any atom is 0.269 e. The standard InChI is InChI=1S/C21H14BrNO4/c22-17-8-6-16(7-9-17)21(24)20(14-15-4-2-1-3-5-15)27-19-12-10-18(11-13-19)23(25)26/h1-14H/b20-14+. The molecule has 3 rings (SSSR count). The number of carbonyl (C=O) groups is 1. The normalized spacial score (nSPS) is 11.1. The number of carbonyl (C=O) groups excluding carboxylic acids is 1. The predicted molar refractivity (Wildman–Crippen MR) is 107 cm³/mol. The maximum absolute atomic E-state index is 12.9. The number of ketones is 1.